The van der Waals surface area contributed by atoms with Gasteiger partial charge in [-0.05, 0) is 0 Å². The molecule has 0 aliphatic heterocycles. The highest BCUT2D eigenvalue weighted by Crippen LogP contribution is 2.19. The molecule has 72 valence electrons. The van der Waals surface area contributed by atoms with Crippen molar-refractivity contribution < 1.29 is 0 Å². The SMILES string of the molecule is Cn1cncc1-c1nc(Cl)cc(Cl)n1. The third-order valence-corrected chi connectivity index (χ3v) is 2.10. The summed E-state index contributed by atoms with van der Waals surface area (Å²) in [6, 6.07) is 1.49. The number of imidazole rings is 1. The van der Waals surface area contributed by atoms with Gasteiger partial charge < -0.3 is 4.57 Å². The van der Waals surface area contributed by atoms with Gasteiger partial charge in [0.2, 0.25) is 0 Å². The minimum absolute atomic E-state index is 0.321. The van der Waals surface area contributed by atoms with Crippen LogP contribution in [0.25, 0.3) is 11.5 Å². The number of aryl methyl sites for hydroxylation is 1. The van der Waals surface area contributed by atoms with Gasteiger partial charge in [0.05, 0.1) is 12.5 Å². The summed E-state index contributed by atoms with van der Waals surface area (Å²) < 4.78 is 1.79. The van der Waals surface area contributed by atoms with Crippen LogP contribution in [-0.4, -0.2) is 19.5 Å². The number of hydrogen-bond donors (Lipinski definition) is 0. The van der Waals surface area contributed by atoms with Crippen LogP contribution in [0.15, 0.2) is 18.6 Å². The van der Waals surface area contributed by atoms with Crippen LogP contribution < -0.4 is 0 Å². The Labute approximate surface area is 90.5 Å². The monoisotopic (exact) mass is 228 g/mol. The third kappa shape index (κ3) is 1.71. The zero-order valence-corrected chi connectivity index (χ0v) is 8.79. The van der Waals surface area contributed by atoms with Gasteiger partial charge in [0.25, 0.3) is 0 Å². The van der Waals surface area contributed by atoms with Crippen molar-refractivity contribution in [3.63, 3.8) is 0 Å². The second-order valence-electron chi connectivity index (χ2n) is 2.73. The summed E-state index contributed by atoms with van der Waals surface area (Å²) in [7, 11) is 1.85. The van der Waals surface area contributed by atoms with Gasteiger partial charge in [0, 0.05) is 13.1 Å². The number of rotatable bonds is 1. The first-order valence-corrected chi connectivity index (χ1v) is 4.59. The molecule has 0 saturated carbocycles. The maximum absolute atomic E-state index is 5.75. The summed E-state index contributed by atoms with van der Waals surface area (Å²) in [4.78, 5) is 12.0. The molecular weight excluding hydrogens is 223 g/mol. The molecule has 0 aliphatic rings. The Kier molecular flexibility index (Phi) is 2.39. The van der Waals surface area contributed by atoms with E-state index in [4.69, 9.17) is 23.2 Å². The number of aromatic nitrogens is 4. The molecule has 2 aromatic rings. The van der Waals surface area contributed by atoms with E-state index in [9.17, 15) is 0 Å². The van der Waals surface area contributed by atoms with Gasteiger partial charge >= 0.3 is 0 Å². The highest BCUT2D eigenvalue weighted by molar-refractivity contribution is 6.33. The molecule has 0 saturated heterocycles. The van der Waals surface area contributed by atoms with Crippen LogP contribution in [0.4, 0.5) is 0 Å². The lowest BCUT2D eigenvalue weighted by Gasteiger charge is -2.01. The normalized spacial score (nSPS) is 10.5. The van der Waals surface area contributed by atoms with Crippen LogP contribution in [0, 0.1) is 0 Å². The van der Waals surface area contributed by atoms with Gasteiger partial charge in [-0.3, -0.25) is 0 Å². The van der Waals surface area contributed by atoms with Crippen molar-refractivity contribution in [3.8, 4) is 11.5 Å². The fraction of sp³-hybridized carbons (Fsp3) is 0.125. The first-order valence-electron chi connectivity index (χ1n) is 3.83. The first kappa shape index (κ1) is 9.43. The standard InChI is InChI=1S/C8H6Cl2N4/c1-14-4-11-3-5(14)8-12-6(9)2-7(10)13-8/h2-4H,1H3. The Morgan fingerprint density at radius 2 is 1.86 bits per heavy atom. The molecule has 2 aromatic heterocycles. The van der Waals surface area contributed by atoms with E-state index in [0.717, 1.165) is 5.69 Å². The van der Waals surface area contributed by atoms with Gasteiger partial charge in [-0.2, -0.15) is 0 Å². The Hall–Kier alpha value is -1.13. The van der Waals surface area contributed by atoms with E-state index < -0.39 is 0 Å². The minimum Gasteiger partial charge on any atom is -0.331 e. The van der Waals surface area contributed by atoms with E-state index in [1.807, 2.05) is 7.05 Å². The maximum Gasteiger partial charge on any atom is 0.180 e. The van der Waals surface area contributed by atoms with Crippen LogP contribution in [0.1, 0.15) is 0 Å². The predicted octanol–water partition coefficient (Wildman–Crippen LogP) is 2.18. The highest BCUT2D eigenvalue weighted by atomic mass is 35.5. The van der Waals surface area contributed by atoms with Crippen molar-refractivity contribution in [3.05, 3.63) is 28.9 Å². The molecule has 0 N–H and O–H groups in total. The molecular formula is C8H6Cl2N4. The van der Waals surface area contributed by atoms with Crippen molar-refractivity contribution in [1.82, 2.24) is 19.5 Å². The summed E-state index contributed by atoms with van der Waals surface area (Å²) in [5, 5.41) is 0.641. The molecule has 0 unspecified atom stereocenters. The zero-order valence-electron chi connectivity index (χ0n) is 7.28. The van der Waals surface area contributed by atoms with Gasteiger partial charge in [-0.25, -0.2) is 15.0 Å². The second-order valence-corrected chi connectivity index (χ2v) is 3.50. The summed E-state index contributed by atoms with van der Waals surface area (Å²) in [6.07, 6.45) is 3.31. The second kappa shape index (κ2) is 3.55. The van der Waals surface area contributed by atoms with E-state index >= 15 is 0 Å². The Morgan fingerprint density at radius 3 is 2.36 bits per heavy atom. The maximum atomic E-state index is 5.75. The zero-order chi connectivity index (χ0) is 10.1. The van der Waals surface area contributed by atoms with Crippen LogP contribution in [0.2, 0.25) is 10.3 Å². The van der Waals surface area contributed by atoms with Crippen molar-refractivity contribution in [2.24, 2.45) is 7.05 Å². The molecule has 0 spiro atoms. The van der Waals surface area contributed by atoms with Gasteiger partial charge in [0.15, 0.2) is 5.82 Å². The van der Waals surface area contributed by atoms with Gasteiger partial charge in [0.1, 0.15) is 16.0 Å². The molecule has 0 amide bonds. The summed E-state index contributed by atoms with van der Waals surface area (Å²) in [5.74, 6) is 0.475. The average Bonchev–Trinajstić information content (AvgIpc) is 2.49. The molecule has 0 radical (unpaired) electrons. The minimum atomic E-state index is 0.321. The Balaban J connectivity index is 2.57. The van der Waals surface area contributed by atoms with Crippen LogP contribution in [0.5, 0.6) is 0 Å². The summed E-state index contributed by atoms with van der Waals surface area (Å²) >= 11 is 11.5. The number of hydrogen-bond acceptors (Lipinski definition) is 3. The Morgan fingerprint density at radius 1 is 1.21 bits per heavy atom. The molecule has 0 aromatic carbocycles. The van der Waals surface area contributed by atoms with Crippen LogP contribution in [0.3, 0.4) is 0 Å². The van der Waals surface area contributed by atoms with E-state index in [1.54, 1.807) is 17.1 Å². The smallest absolute Gasteiger partial charge is 0.180 e. The van der Waals surface area contributed by atoms with Crippen molar-refractivity contribution in [2.75, 3.05) is 0 Å². The lowest BCUT2D eigenvalue weighted by atomic mass is 10.4. The predicted molar refractivity (Wildman–Crippen MR) is 54.3 cm³/mol. The molecule has 0 fully saturated rings. The lowest BCUT2D eigenvalue weighted by Crippen LogP contribution is -1.95. The van der Waals surface area contributed by atoms with Crippen molar-refractivity contribution >= 4 is 23.2 Å². The molecule has 2 heterocycles. The molecule has 14 heavy (non-hydrogen) atoms. The van der Waals surface area contributed by atoms with Crippen LogP contribution >= 0.6 is 23.2 Å². The summed E-state index contributed by atoms with van der Waals surface area (Å²) in [5.41, 5.74) is 0.773. The quantitative estimate of drug-likeness (QED) is 0.704. The van der Waals surface area contributed by atoms with E-state index in [-0.39, 0.29) is 0 Å². The third-order valence-electron chi connectivity index (χ3n) is 1.71. The van der Waals surface area contributed by atoms with E-state index in [0.29, 0.717) is 16.1 Å². The lowest BCUT2D eigenvalue weighted by molar-refractivity contribution is 0.908. The van der Waals surface area contributed by atoms with Gasteiger partial charge in [-0.1, -0.05) is 23.2 Å². The van der Waals surface area contributed by atoms with E-state index in [2.05, 4.69) is 15.0 Å². The fourth-order valence-electron chi connectivity index (χ4n) is 1.08. The molecule has 4 nitrogen and oxygen atoms in total. The molecule has 0 atom stereocenters. The molecule has 6 heteroatoms. The van der Waals surface area contributed by atoms with Crippen molar-refractivity contribution in [1.29, 1.82) is 0 Å². The highest BCUT2D eigenvalue weighted by Gasteiger charge is 2.07. The first-order chi connectivity index (χ1) is 6.66. The summed E-state index contributed by atoms with van der Waals surface area (Å²) in [6.45, 7) is 0. The number of halogens is 2. The molecule has 0 aliphatic carbocycles. The Bertz CT molecular complexity index is 446. The average molecular weight is 229 g/mol. The largest absolute Gasteiger partial charge is 0.331 e. The van der Waals surface area contributed by atoms with Crippen molar-refractivity contribution in [2.45, 2.75) is 0 Å². The van der Waals surface area contributed by atoms with Crippen LogP contribution in [-0.2, 0) is 7.05 Å². The van der Waals surface area contributed by atoms with E-state index in [1.165, 1.54) is 6.07 Å². The fourth-order valence-corrected chi connectivity index (χ4v) is 1.50. The number of nitrogens with zero attached hydrogens (tertiary/aromatic N) is 4. The van der Waals surface area contributed by atoms with Gasteiger partial charge in [-0.15, -0.1) is 0 Å². The molecule has 2 rings (SSSR count). The molecule has 0 bridgehead atoms. The topological polar surface area (TPSA) is 43.6 Å².